The third kappa shape index (κ3) is 4.41. The normalized spacial score (nSPS) is 12.8. The fraction of sp³-hybridized carbons (Fsp3) is 0.364. The highest BCUT2D eigenvalue weighted by Gasteiger charge is 2.57. The third-order valence-corrected chi connectivity index (χ3v) is 2.19. The largest absolute Gasteiger partial charge is 0.478 e. The molecule has 0 aromatic heterocycles. The second-order valence-corrected chi connectivity index (χ2v) is 3.78. The molecule has 0 unspecified atom stereocenters. The molecule has 0 aliphatic heterocycles. The lowest BCUT2D eigenvalue weighted by molar-refractivity contribution is -0.324. The van der Waals surface area contributed by atoms with Gasteiger partial charge < -0.3 is 9.84 Å². The fourth-order valence-corrected chi connectivity index (χ4v) is 1.35. The van der Waals surface area contributed by atoms with Crippen LogP contribution in [0.5, 0.6) is 0 Å². The Morgan fingerprint density at radius 2 is 1.70 bits per heavy atom. The van der Waals surface area contributed by atoms with Crippen molar-refractivity contribution in [2.75, 3.05) is 0 Å². The van der Waals surface area contributed by atoms with E-state index in [-0.39, 0.29) is 11.1 Å². The van der Waals surface area contributed by atoms with Crippen LogP contribution in [0.25, 0.3) is 0 Å². The van der Waals surface area contributed by atoms with Gasteiger partial charge >= 0.3 is 18.3 Å². The Bertz CT molecular complexity index is 466. The SMILES string of the molecule is O=C(O)c1cccc(COC(C(F)(F)F)C(F)(F)F)c1. The van der Waals surface area contributed by atoms with Crippen LogP contribution in [0.3, 0.4) is 0 Å². The van der Waals surface area contributed by atoms with Gasteiger partial charge in [0.15, 0.2) is 0 Å². The van der Waals surface area contributed by atoms with Gasteiger partial charge in [-0.05, 0) is 17.7 Å². The van der Waals surface area contributed by atoms with Crippen LogP contribution in [0.1, 0.15) is 15.9 Å². The molecule has 3 nitrogen and oxygen atoms in total. The van der Waals surface area contributed by atoms with E-state index in [0.717, 1.165) is 18.2 Å². The average Bonchev–Trinajstić information content (AvgIpc) is 2.25. The Kier molecular flexibility index (Phi) is 4.64. The van der Waals surface area contributed by atoms with Crippen molar-refractivity contribution in [2.24, 2.45) is 0 Å². The summed E-state index contributed by atoms with van der Waals surface area (Å²) in [5.74, 6) is -1.35. The number of benzene rings is 1. The number of hydrogen-bond donors (Lipinski definition) is 1. The third-order valence-electron chi connectivity index (χ3n) is 2.19. The fourth-order valence-electron chi connectivity index (χ4n) is 1.35. The molecule has 1 rings (SSSR count). The highest BCUT2D eigenvalue weighted by Crippen LogP contribution is 2.36. The summed E-state index contributed by atoms with van der Waals surface area (Å²) in [6.45, 7) is -1.01. The summed E-state index contributed by atoms with van der Waals surface area (Å²) in [6.07, 6.45) is -15.1. The molecule has 112 valence electrons. The van der Waals surface area contributed by atoms with E-state index in [1.165, 1.54) is 6.07 Å². The van der Waals surface area contributed by atoms with Gasteiger partial charge in [0, 0.05) is 0 Å². The molecule has 0 spiro atoms. The Morgan fingerprint density at radius 1 is 1.15 bits per heavy atom. The second-order valence-electron chi connectivity index (χ2n) is 3.78. The summed E-state index contributed by atoms with van der Waals surface area (Å²) in [6, 6.07) is 4.44. The smallest absolute Gasteiger partial charge is 0.423 e. The van der Waals surface area contributed by atoms with Gasteiger partial charge in [-0.25, -0.2) is 4.79 Å². The number of halogens is 6. The number of carboxylic acids is 1. The van der Waals surface area contributed by atoms with Crippen LogP contribution in [-0.2, 0) is 11.3 Å². The van der Waals surface area contributed by atoms with Crippen LogP contribution in [0.4, 0.5) is 26.3 Å². The summed E-state index contributed by atoms with van der Waals surface area (Å²) in [5, 5.41) is 8.64. The van der Waals surface area contributed by atoms with Gasteiger partial charge in [0.2, 0.25) is 6.10 Å². The molecular weight excluding hydrogens is 294 g/mol. The molecule has 1 N–H and O–H groups in total. The van der Waals surface area contributed by atoms with E-state index in [0.29, 0.717) is 0 Å². The minimum atomic E-state index is -5.59. The molecule has 9 heteroatoms. The summed E-state index contributed by atoms with van der Waals surface area (Å²) in [7, 11) is 0. The van der Waals surface area contributed by atoms with Crippen molar-refractivity contribution in [3.05, 3.63) is 35.4 Å². The molecule has 0 amide bonds. The molecule has 20 heavy (non-hydrogen) atoms. The maximum atomic E-state index is 12.2. The molecule has 0 radical (unpaired) electrons. The zero-order valence-corrected chi connectivity index (χ0v) is 9.63. The van der Waals surface area contributed by atoms with Crippen molar-refractivity contribution < 1.29 is 41.0 Å². The van der Waals surface area contributed by atoms with E-state index >= 15 is 0 Å². The molecule has 0 saturated carbocycles. The topological polar surface area (TPSA) is 46.5 Å². The van der Waals surface area contributed by atoms with Crippen LogP contribution in [0, 0.1) is 0 Å². The zero-order valence-electron chi connectivity index (χ0n) is 9.63. The molecule has 0 fully saturated rings. The lowest BCUT2D eigenvalue weighted by Gasteiger charge is -2.23. The van der Waals surface area contributed by atoms with Crippen molar-refractivity contribution in [3.8, 4) is 0 Å². The predicted octanol–water partition coefficient (Wildman–Crippen LogP) is 3.39. The standard InChI is InChI=1S/C11H8F6O3/c12-10(13,14)9(11(15,16)17)20-5-6-2-1-3-7(4-6)8(18)19/h1-4,9H,5H2,(H,18,19). The molecule has 0 bridgehead atoms. The summed E-state index contributed by atoms with van der Waals surface area (Å²) < 4.78 is 77.0. The van der Waals surface area contributed by atoms with Crippen LogP contribution < -0.4 is 0 Å². The Hall–Kier alpha value is -1.77. The number of aromatic carboxylic acids is 1. The number of rotatable bonds is 4. The lowest BCUT2D eigenvalue weighted by Crippen LogP contribution is -2.44. The lowest BCUT2D eigenvalue weighted by atomic mass is 10.1. The number of carbonyl (C=O) groups is 1. The van der Waals surface area contributed by atoms with E-state index in [1.54, 1.807) is 0 Å². The predicted molar refractivity (Wildman–Crippen MR) is 54.1 cm³/mol. The van der Waals surface area contributed by atoms with Gasteiger partial charge in [0.05, 0.1) is 12.2 Å². The van der Waals surface area contributed by atoms with Crippen LogP contribution in [0.15, 0.2) is 24.3 Å². The van der Waals surface area contributed by atoms with E-state index in [9.17, 15) is 31.1 Å². The molecule has 1 aromatic carbocycles. The Morgan fingerprint density at radius 3 is 2.15 bits per heavy atom. The first-order valence-corrected chi connectivity index (χ1v) is 5.09. The highest BCUT2D eigenvalue weighted by atomic mass is 19.4. The first-order valence-electron chi connectivity index (χ1n) is 5.09. The number of alkyl halides is 6. The maximum Gasteiger partial charge on any atom is 0.423 e. The first-order chi connectivity index (χ1) is 9.01. The van der Waals surface area contributed by atoms with Crippen LogP contribution in [-0.4, -0.2) is 29.5 Å². The van der Waals surface area contributed by atoms with Gasteiger partial charge in [-0.2, -0.15) is 26.3 Å². The van der Waals surface area contributed by atoms with Crippen molar-refractivity contribution in [1.29, 1.82) is 0 Å². The highest BCUT2D eigenvalue weighted by molar-refractivity contribution is 5.87. The first kappa shape index (κ1) is 16.3. The van der Waals surface area contributed by atoms with Gasteiger partial charge in [0.25, 0.3) is 0 Å². The van der Waals surface area contributed by atoms with E-state index in [2.05, 4.69) is 4.74 Å². The zero-order chi connectivity index (χ0) is 15.6. The van der Waals surface area contributed by atoms with E-state index in [4.69, 9.17) is 5.11 Å². The Balaban J connectivity index is 2.83. The summed E-state index contributed by atoms with van der Waals surface area (Å²) >= 11 is 0. The van der Waals surface area contributed by atoms with Crippen molar-refractivity contribution >= 4 is 5.97 Å². The molecule has 0 aliphatic carbocycles. The molecule has 0 aliphatic rings. The van der Waals surface area contributed by atoms with Crippen LogP contribution >= 0.6 is 0 Å². The molecular formula is C11H8F6O3. The number of ether oxygens (including phenoxy) is 1. The summed E-state index contributed by atoms with van der Waals surface area (Å²) in [5.41, 5.74) is -0.370. The monoisotopic (exact) mass is 302 g/mol. The van der Waals surface area contributed by atoms with Gasteiger partial charge in [-0.15, -0.1) is 0 Å². The molecule has 0 atom stereocenters. The molecule has 1 aromatic rings. The van der Waals surface area contributed by atoms with Crippen molar-refractivity contribution in [3.63, 3.8) is 0 Å². The maximum absolute atomic E-state index is 12.2. The van der Waals surface area contributed by atoms with Crippen molar-refractivity contribution in [1.82, 2.24) is 0 Å². The average molecular weight is 302 g/mol. The Labute approximate surface area is 108 Å². The minimum Gasteiger partial charge on any atom is -0.478 e. The van der Waals surface area contributed by atoms with Gasteiger partial charge in [0.1, 0.15) is 0 Å². The van der Waals surface area contributed by atoms with E-state index in [1.807, 2.05) is 0 Å². The number of hydrogen-bond acceptors (Lipinski definition) is 2. The quantitative estimate of drug-likeness (QED) is 0.867. The summed E-state index contributed by atoms with van der Waals surface area (Å²) in [4.78, 5) is 10.6. The van der Waals surface area contributed by atoms with Gasteiger partial charge in [-0.1, -0.05) is 12.1 Å². The van der Waals surface area contributed by atoms with E-state index < -0.39 is 31.0 Å². The molecule has 0 saturated heterocycles. The second kappa shape index (κ2) is 5.70. The van der Waals surface area contributed by atoms with Crippen LogP contribution in [0.2, 0.25) is 0 Å². The van der Waals surface area contributed by atoms with Crippen molar-refractivity contribution in [2.45, 2.75) is 25.1 Å². The van der Waals surface area contributed by atoms with Gasteiger partial charge in [-0.3, -0.25) is 0 Å². The molecule has 0 heterocycles. The number of carboxylic acid groups (broad SMARTS) is 1. The minimum absolute atomic E-state index is 0.108.